The van der Waals surface area contributed by atoms with Crippen molar-refractivity contribution in [2.75, 3.05) is 14.2 Å². The lowest BCUT2D eigenvalue weighted by molar-refractivity contribution is 0.353. The zero-order valence-corrected chi connectivity index (χ0v) is 10.3. The topological polar surface area (TPSA) is 87.3 Å². The molecule has 3 aromatic rings. The van der Waals surface area contributed by atoms with Crippen LogP contribution in [0.4, 0.5) is 0 Å². The molecule has 0 unspecified atom stereocenters. The molecule has 0 aromatic carbocycles. The maximum atomic E-state index is 5.22. The Morgan fingerprint density at radius 2 is 2.00 bits per heavy atom. The highest BCUT2D eigenvalue weighted by Gasteiger charge is 2.12. The fourth-order valence-electron chi connectivity index (χ4n) is 1.65. The van der Waals surface area contributed by atoms with Crippen LogP contribution in [0.25, 0.3) is 17.0 Å². The average molecular weight is 258 g/mol. The number of ether oxygens (including phenoxy) is 2. The van der Waals surface area contributed by atoms with Gasteiger partial charge in [0.15, 0.2) is 0 Å². The van der Waals surface area contributed by atoms with E-state index in [1.54, 1.807) is 23.0 Å². The molecule has 0 aliphatic heterocycles. The highest BCUT2D eigenvalue weighted by Crippen LogP contribution is 2.27. The summed E-state index contributed by atoms with van der Waals surface area (Å²) in [4.78, 5) is 16.6. The number of fused-ring (bicyclic) bond motifs is 1. The second kappa shape index (κ2) is 4.48. The number of rotatable bonds is 3. The predicted octanol–water partition coefficient (Wildman–Crippen LogP) is 0.598. The van der Waals surface area contributed by atoms with Crippen molar-refractivity contribution in [3.05, 3.63) is 24.8 Å². The second-order valence-electron chi connectivity index (χ2n) is 3.60. The molecule has 19 heavy (non-hydrogen) atoms. The summed E-state index contributed by atoms with van der Waals surface area (Å²) in [5.74, 6) is 0.888. The van der Waals surface area contributed by atoms with Crippen molar-refractivity contribution in [3.8, 4) is 23.1 Å². The molecule has 0 radical (unpaired) electrons. The van der Waals surface area contributed by atoms with Gasteiger partial charge in [-0.05, 0) is 6.07 Å². The summed E-state index contributed by atoms with van der Waals surface area (Å²) >= 11 is 0. The predicted molar refractivity (Wildman–Crippen MR) is 64.9 cm³/mol. The Hall–Kier alpha value is -2.77. The molecule has 96 valence electrons. The number of nitrogens with zero attached hydrogens (tertiary/aromatic N) is 6. The van der Waals surface area contributed by atoms with E-state index in [9.17, 15) is 0 Å². The van der Waals surface area contributed by atoms with E-state index < -0.39 is 0 Å². The minimum absolute atomic E-state index is 0.240. The van der Waals surface area contributed by atoms with Gasteiger partial charge in [0, 0.05) is 12.4 Å². The van der Waals surface area contributed by atoms with Gasteiger partial charge in [0.1, 0.15) is 6.33 Å². The number of methoxy groups -OCH3 is 2. The third-order valence-corrected chi connectivity index (χ3v) is 2.53. The Morgan fingerprint density at radius 1 is 1.11 bits per heavy atom. The first-order valence-electron chi connectivity index (χ1n) is 5.43. The minimum atomic E-state index is 0.240. The van der Waals surface area contributed by atoms with Crippen LogP contribution in [0.5, 0.6) is 11.9 Å². The van der Waals surface area contributed by atoms with Crippen molar-refractivity contribution in [3.63, 3.8) is 0 Å². The maximum absolute atomic E-state index is 5.22. The summed E-state index contributed by atoms with van der Waals surface area (Å²) in [5.41, 5.74) is 1.31. The first-order chi connectivity index (χ1) is 9.31. The molecule has 0 bridgehead atoms. The van der Waals surface area contributed by atoms with Gasteiger partial charge in [0.2, 0.25) is 5.88 Å². The van der Waals surface area contributed by atoms with E-state index in [1.165, 1.54) is 20.5 Å². The van der Waals surface area contributed by atoms with Crippen LogP contribution in [0, 0.1) is 0 Å². The third kappa shape index (κ3) is 1.92. The number of hydrogen-bond donors (Lipinski definition) is 0. The molecule has 3 aromatic heterocycles. The molecule has 8 nitrogen and oxygen atoms in total. The van der Waals surface area contributed by atoms with Crippen LogP contribution in [0.15, 0.2) is 24.8 Å². The third-order valence-electron chi connectivity index (χ3n) is 2.53. The number of aromatic nitrogens is 6. The Labute approximate surface area is 108 Å². The smallest absolute Gasteiger partial charge is 0.319 e. The van der Waals surface area contributed by atoms with Gasteiger partial charge in [-0.15, -0.1) is 0 Å². The van der Waals surface area contributed by atoms with Crippen LogP contribution >= 0.6 is 0 Å². The minimum Gasteiger partial charge on any atom is -0.480 e. The van der Waals surface area contributed by atoms with Crippen LogP contribution in [0.1, 0.15) is 0 Å². The Kier molecular flexibility index (Phi) is 2.67. The second-order valence-corrected chi connectivity index (χ2v) is 3.60. The van der Waals surface area contributed by atoms with Crippen LogP contribution in [0.2, 0.25) is 0 Å². The van der Waals surface area contributed by atoms with E-state index in [0.717, 1.165) is 0 Å². The van der Waals surface area contributed by atoms with E-state index in [1.807, 2.05) is 0 Å². The summed E-state index contributed by atoms with van der Waals surface area (Å²) in [5, 5.41) is 3.98. The first-order valence-corrected chi connectivity index (χ1v) is 5.43. The quantitative estimate of drug-likeness (QED) is 0.679. The monoisotopic (exact) mass is 258 g/mol. The number of hydrogen-bond acceptors (Lipinski definition) is 7. The zero-order chi connectivity index (χ0) is 13.2. The molecule has 0 amide bonds. The van der Waals surface area contributed by atoms with Crippen molar-refractivity contribution in [1.29, 1.82) is 0 Å². The Morgan fingerprint density at radius 3 is 2.79 bits per heavy atom. The first kappa shape index (κ1) is 11.3. The highest BCUT2D eigenvalue weighted by atomic mass is 16.5. The van der Waals surface area contributed by atoms with Crippen LogP contribution in [-0.2, 0) is 0 Å². The summed E-state index contributed by atoms with van der Waals surface area (Å²) < 4.78 is 11.7. The lowest BCUT2D eigenvalue weighted by Gasteiger charge is -2.07. The van der Waals surface area contributed by atoms with Gasteiger partial charge in [-0.25, -0.2) is 14.5 Å². The van der Waals surface area contributed by atoms with Gasteiger partial charge in [-0.2, -0.15) is 15.1 Å². The van der Waals surface area contributed by atoms with Gasteiger partial charge >= 0.3 is 6.01 Å². The molecule has 0 N–H and O–H groups in total. The van der Waals surface area contributed by atoms with E-state index in [0.29, 0.717) is 22.9 Å². The van der Waals surface area contributed by atoms with Crippen molar-refractivity contribution in [2.24, 2.45) is 0 Å². The van der Waals surface area contributed by atoms with Crippen LogP contribution in [0.3, 0.4) is 0 Å². The van der Waals surface area contributed by atoms with Crippen LogP contribution < -0.4 is 9.47 Å². The summed E-state index contributed by atoms with van der Waals surface area (Å²) in [6.07, 6.45) is 4.79. The van der Waals surface area contributed by atoms with Crippen molar-refractivity contribution in [1.82, 2.24) is 29.5 Å². The average Bonchev–Trinajstić information content (AvgIpc) is 2.93. The van der Waals surface area contributed by atoms with E-state index >= 15 is 0 Å². The summed E-state index contributed by atoms with van der Waals surface area (Å²) in [6, 6.07) is 2.03. The van der Waals surface area contributed by atoms with Crippen molar-refractivity contribution < 1.29 is 9.47 Å². The largest absolute Gasteiger partial charge is 0.480 e. The zero-order valence-electron chi connectivity index (χ0n) is 10.3. The van der Waals surface area contributed by atoms with E-state index in [2.05, 4.69) is 25.0 Å². The van der Waals surface area contributed by atoms with E-state index in [4.69, 9.17) is 9.47 Å². The SMILES string of the molecule is COc1ncc(-c2ccn3ncnc3n2)c(OC)n1. The molecule has 0 saturated carbocycles. The molecule has 0 atom stereocenters. The molecule has 8 heteroatoms. The van der Waals surface area contributed by atoms with Gasteiger partial charge < -0.3 is 9.47 Å². The molecular weight excluding hydrogens is 248 g/mol. The van der Waals surface area contributed by atoms with Gasteiger partial charge in [-0.1, -0.05) is 0 Å². The normalized spacial score (nSPS) is 10.6. The van der Waals surface area contributed by atoms with Gasteiger partial charge in [-0.3, -0.25) is 0 Å². The summed E-state index contributed by atoms with van der Waals surface area (Å²) in [6.45, 7) is 0. The van der Waals surface area contributed by atoms with Crippen molar-refractivity contribution >= 4 is 5.78 Å². The lowest BCUT2D eigenvalue weighted by Crippen LogP contribution is -1.99. The molecule has 0 fully saturated rings. The van der Waals surface area contributed by atoms with Crippen LogP contribution in [-0.4, -0.2) is 43.8 Å². The molecule has 0 saturated heterocycles. The molecule has 0 aliphatic carbocycles. The summed E-state index contributed by atoms with van der Waals surface area (Å²) in [7, 11) is 3.02. The molecule has 0 spiro atoms. The lowest BCUT2D eigenvalue weighted by atomic mass is 10.2. The highest BCUT2D eigenvalue weighted by molar-refractivity contribution is 5.65. The molecule has 3 heterocycles. The fraction of sp³-hybridized carbons (Fsp3) is 0.182. The van der Waals surface area contributed by atoms with E-state index in [-0.39, 0.29) is 6.01 Å². The Balaban J connectivity index is 2.14. The maximum Gasteiger partial charge on any atom is 0.319 e. The standard InChI is InChI=1S/C11H10N6O2/c1-18-9-7(5-12-11(16-9)19-2)8-3-4-17-10(15-8)13-6-14-17/h3-6H,1-2H3. The molecule has 0 aliphatic rings. The molecule has 3 rings (SSSR count). The fourth-order valence-corrected chi connectivity index (χ4v) is 1.65. The van der Waals surface area contributed by atoms with Crippen molar-refractivity contribution in [2.45, 2.75) is 0 Å². The Bertz CT molecular complexity index is 726. The van der Waals surface area contributed by atoms with Gasteiger partial charge in [0.05, 0.1) is 25.5 Å². The molecular formula is C11H10N6O2. The van der Waals surface area contributed by atoms with Gasteiger partial charge in [0.25, 0.3) is 5.78 Å².